The Hall–Kier alpha value is -0.183. The molecule has 1 aromatic carbocycles. The average molecular weight is 156 g/mol. The van der Waals surface area contributed by atoms with Gasteiger partial charge in [-0.1, -0.05) is 50.1 Å². The molecular formula is C11H17Li. The number of benzene rings is 1. The van der Waals surface area contributed by atoms with E-state index in [4.69, 9.17) is 0 Å². The van der Waals surface area contributed by atoms with Crippen molar-refractivity contribution in [1.82, 2.24) is 0 Å². The van der Waals surface area contributed by atoms with E-state index in [1.165, 1.54) is 31.2 Å². The van der Waals surface area contributed by atoms with Gasteiger partial charge < -0.3 is 1.43 Å². The Morgan fingerprint density at radius 3 is 2.33 bits per heavy atom. The third-order valence-corrected chi connectivity index (χ3v) is 1.91. The van der Waals surface area contributed by atoms with E-state index < -0.39 is 0 Å². The molecule has 0 nitrogen and oxygen atoms in total. The first kappa shape index (κ1) is 11.8. The second kappa shape index (κ2) is 7.47. The second-order valence-electron chi connectivity index (χ2n) is 2.94. The van der Waals surface area contributed by atoms with E-state index in [9.17, 15) is 0 Å². The van der Waals surface area contributed by atoms with E-state index in [0.29, 0.717) is 0 Å². The zero-order valence-electron chi connectivity index (χ0n) is 9.22. The first-order valence-corrected chi connectivity index (χ1v) is 4.47. The number of hydrogen-bond donors (Lipinski definition) is 0. The van der Waals surface area contributed by atoms with Gasteiger partial charge in [0.15, 0.2) is 0 Å². The van der Waals surface area contributed by atoms with Gasteiger partial charge in [0.1, 0.15) is 0 Å². The summed E-state index contributed by atoms with van der Waals surface area (Å²) < 4.78 is 0. The normalized spacial score (nSPS) is 9.08. The van der Waals surface area contributed by atoms with Gasteiger partial charge in [-0.25, -0.2) is 0 Å². The molecule has 0 heterocycles. The predicted octanol–water partition coefficient (Wildman–Crippen LogP) is 0.536. The quantitative estimate of drug-likeness (QED) is 0.441. The molecule has 1 rings (SSSR count). The predicted molar refractivity (Wildman–Crippen MR) is 50.8 cm³/mol. The Balaban J connectivity index is 0. The Kier molecular flexibility index (Phi) is 7.35. The van der Waals surface area contributed by atoms with Crippen molar-refractivity contribution in [2.75, 3.05) is 0 Å². The molecule has 0 saturated heterocycles. The van der Waals surface area contributed by atoms with Crippen LogP contribution in [-0.2, 0) is 6.42 Å². The molecule has 1 aromatic rings. The monoisotopic (exact) mass is 156 g/mol. The van der Waals surface area contributed by atoms with Crippen LogP contribution in [0, 0.1) is 0 Å². The van der Waals surface area contributed by atoms with Gasteiger partial charge in [0.25, 0.3) is 0 Å². The molecule has 0 unspecified atom stereocenters. The molecule has 0 bridgehead atoms. The molecule has 12 heavy (non-hydrogen) atoms. The third-order valence-electron chi connectivity index (χ3n) is 1.91. The van der Waals surface area contributed by atoms with Crippen LogP contribution in [0.15, 0.2) is 30.3 Å². The molecule has 0 aliphatic heterocycles. The summed E-state index contributed by atoms with van der Waals surface area (Å²) in [5.41, 5.74) is 1.47. The summed E-state index contributed by atoms with van der Waals surface area (Å²) >= 11 is 0. The van der Waals surface area contributed by atoms with E-state index in [-0.39, 0.29) is 20.3 Å². The molecule has 0 amide bonds. The zero-order valence-corrected chi connectivity index (χ0v) is 8.22. The van der Waals surface area contributed by atoms with Crippen molar-refractivity contribution < 1.29 is 20.3 Å². The van der Waals surface area contributed by atoms with Gasteiger partial charge in [-0.2, -0.15) is 0 Å². The molecule has 0 spiro atoms. The molecule has 0 N–H and O–H groups in total. The van der Waals surface area contributed by atoms with Crippen molar-refractivity contribution in [3.63, 3.8) is 0 Å². The molecule has 0 aliphatic carbocycles. The Morgan fingerprint density at radius 2 is 1.75 bits per heavy atom. The fraction of sp³-hybridized carbons (Fsp3) is 0.455. The summed E-state index contributed by atoms with van der Waals surface area (Å²) in [4.78, 5) is 0. The van der Waals surface area contributed by atoms with Crippen LogP contribution >= 0.6 is 0 Å². The van der Waals surface area contributed by atoms with E-state index >= 15 is 0 Å². The van der Waals surface area contributed by atoms with Crippen molar-refractivity contribution in [1.29, 1.82) is 0 Å². The molecule has 0 saturated carbocycles. The van der Waals surface area contributed by atoms with Crippen LogP contribution in [0.3, 0.4) is 0 Å². The van der Waals surface area contributed by atoms with Gasteiger partial charge >= 0.3 is 18.9 Å². The van der Waals surface area contributed by atoms with Crippen molar-refractivity contribution >= 4 is 0 Å². The minimum atomic E-state index is 0. The van der Waals surface area contributed by atoms with Crippen molar-refractivity contribution in [2.24, 2.45) is 0 Å². The molecule has 62 valence electrons. The summed E-state index contributed by atoms with van der Waals surface area (Å²) in [6, 6.07) is 10.7. The van der Waals surface area contributed by atoms with Crippen LogP contribution in [0.2, 0.25) is 0 Å². The second-order valence-corrected chi connectivity index (χ2v) is 2.94. The van der Waals surface area contributed by atoms with E-state index in [1.807, 2.05) is 0 Å². The van der Waals surface area contributed by atoms with Gasteiger partial charge in [0.05, 0.1) is 0 Å². The van der Waals surface area contributed by atoms with Crippen LogP contribution < -0.4 is 18.9 Å². The summed E-state index contributed by atoms with van der Waals surface area (Å²) in [6.45, 7) is 2.24. The minimum absolute atomic E-state index is 0. The third kappa shape index (κ3) is 4.65. The number of unbranched alkanes of at least 4 members (excludes halogenated alkanes) is 2. The first-order valence-electron chi connectivity index (χ1n) is 4.47. The largest absolute Gasteiger partial charge is 1.00 e. The van der Waals surface area contributed by atoms with Crippen molar-refractivity contribution in [3.8, 4) is 0 Å². The maximum Gasteiger partial charge on any atom is 1.00 e. The van der Waals surface area contributed by atoms with Crippen LogP contribution in [0.25, 0.3) is 0 Å². The summed E-state index contributed by atoms with van der Waals surface area (Å²) in [5, 5.41) is 0. The molecule has 0 atom stereocenters. The van der Waals surface area contributed by atoms with Gasteiger partial charge in [-0.15, -0.1) is 0 Å². The van der Waals surface area contributed by atoms with Gasteiger partial charge in [-0.3, -0.25) is 0 Å². The van der Waals surface area contributed by atoms with Gasteiger partial charge in [0.2, 0.25) is 0 Å². The number of hydrogen-bond acceptors (Lipinski definition) is 0. The Labute approximate surface area is 89.0 Å². The molecular weight excluding hydrogens is 139 g/mol. The molecule has 0 fully saturated rings. The van der Waals surface area contributed by atoms with E-state index in [1.54, 1.807) is 0 Å². The number of rotatable bonds is 4. The maximum absolute atomic E-state index is 2.24. The molecule has 0 aromatic heterocycles. The van der Waals surface area contributed by atoms with Gasteiger partial charge in [-0.05, 0) is 18.4 Å². The topological polar surface area (TPSA) is 0 Å². The molecule has 1 heteroatoms. The molecule has 0 aliphatic rings. The number of aryl methyl sites for hydroxylation is 1. The fourth-order valence-electron chi connectivity index (χ4n) is 1.22. The van der Waals surface area contributed by atoms with Crippen molar-refractivity contribution in [3.05, 3.63) is 35.9 Å². The summed E-state index contributed by atoms with van der Waals surface area (Å²) in [7, 11) is 0. The van der Waals surface area contributed by atoms with Crippen LogP contribution in [0.1, 0.15) is 33.2 Å². The van der Waals surface area contributed by atoms with Crippen LogP contribution in [-0.4, -0.2) is 0 Å². The zero-order chi connectivity index (χ0) is 7.94. The van der Waals surface area contributed by atoms with Gasteiger partial charge in [0, 0.05) is 0 Å². The summed E-state index contributed by atoms with van der Waals surface area (Å²) in [5.74, 6) is 0. The maximum atomic E-state index is 2.24. The Morgan fingerprint density at radius 1 is 1.08 bits per heavy atom. The minimum Gasteiger partial charge on any atom is -1.00 e. The average Bonchev–Trinajstić information content (AvgIpc) is 2.07. The Bertz CT molecular complexity index is 187. The van der Waals surface area contributed by atoms with Crippen molar-refractivity contribution in [2.45, 2.75) is 32.6 Å². The van der Waals surface area contributed by atoms with Crippen LogP contribution in [0.5, 0.6) is 0 Å². The fourth-order valence-corrected chi connectivity index (χ4v) is 1.22. The molecule has 0 radical (unpaired) electrons. The van der Waals surface area contributed by atoms with E-state index in [0.717, 1.165) is 0 Å². The standard InChI is InChI=1S/C11H16.Li.H/c1-2-3-5-8-11-9-6-4-7-10-11;;/h4,6-7,9-10H,2-3,5,8H2,1H3;;/q;+1;-1. The first-order chi connectivity index (χ1) is 5.43. The van der Waals surface area contributed by atoms with Crippen LogP contribution in [0.4, 0.5) is 0 Å². The summed E-state index contributed by atoms with van der Waals surface area (Å²) in [6.07, 6.45) is 5.25. The smallest absolute Gasteiger partial charge is 1.00 e. The van der Waals surface area contributed by atoms with E-state index in [2.05, 4.69) is 37.3 Å². The SMILES string of the molecule is CCCCCc1ccccc1.[H-].[Li+].